The molecule has 5 nitrogen and oxygen atoms in total. The van der Waals surface area contributed by atoms with Crippen LogP contribution in [0.1, 0.15) is 25.1 Å². The number of hydrogen-bond donors (Lipinski definition) is 2. The van der Waals surface area contributed by atoms with E-state index in [9.17, 15) is 0 Å². The van der Waals surface area contributed by atoms with Gasteiger partial charge in [-0.3, -0.25) is 0 Å². The third-order valence-corrected chi connectivity index (χ3v) is 4.06. The Kier molecular flexibility index (Phi) is 2.80. The number of hydrogen-bond acceptors (Lipinski definition) is 4. The Labute approximate surface area is 117 Å². The molecule has 1 aromatic carbocycles. The summed E-state index contributed by atoms with van der Waals surface area (Å²) in [7, 11) is 0. The molecule has 4 rings (SSSR count). The van der Waals surface area contributed by atoms with E-state index in [0.717, 1.165) is 41.2 Å². The average Bonchev–Trinajstić information content (AvgIpc) is 3.22. The van der Waals surface area contributed by atoms with Crippen molar-refractivity contribution in [3.05, 3.63) is 18.0 Å². The van der Waals surface area contributed by atoms with Crippen LogP contribution in [0.15, 0.2) is 12.1 Å². The van der Waals surface area contributed by atoms with Crippen molar-refractivity contribution in [3.8, 4) is 11.5 Å². The van der Waals surface area contributed by atoms with Crippen molar-refractivity contribution in [2.45, 2.75) is 31.7 Å². The average molecular weight is 273 g/mol. The van der Waals surface area contributed by atoms with Crippen LogP contribution in [0, 0.1) is 5.92 Å². The van der Waals surface area contributed by atoms with E-state index in [0.29, 0.717) is 19.1 Å². The number of H-pyrrole nitrogens is 1. The largest absolute Gasteiger partial charge is 0.489 e. The summed E-state index contributed by atoms with van der Waals surface area (Å²) in [6.45, 7) is 1.40. The van der Waals surface area contributed by atoms with Gasteiger partial charge in [-0.2, -0.15) is 0 Å². The standard InChI is InChI=1S/C15H19N3O2/c16-10(9-2-3-9)6-15-17-11-7-13-14(8-12(11)18-15)20-5-1-4-19-13/h7-10H,1-6,16H2,(H,17,18). The van der Waals surface area contributed by atoms with Gasteiger partial charge in [-0.25, -0.2) is 4.98 Å². The van der Waals surface area contributed by atoms with E-state index in [1.165, 1.54) is 12.8 Å². The van der Waals surface area contributed by atoms with Crippen molar-refractivity contribution in [2.75, 3.05) is 13.2 Å². The minimum absolute atomic E-state index is 0.223. The highest BCUT2D eigenvalue weighted by Crippen LogP contribution is 2.35. The molecule has 0 spiro atoms. The first-order valence-corrected chi connectivity index (χ1v) is 7.33. The summed E-state index contributed by atoms with van der Waals surface area (Å²) in [5, 5.41) is 0. The normalized spacial score (nSPS) is 19.9. The van der Waals surface area contributed by atoms with Crippen molar-refractivity contribution in [3.63, 3.8) is 0 Å². The smallest absolute Gasteiger partial charge is 0.163 e. The van der Waals surface area contributed by atoms with Crippen molar-refractivity contribution < 1.29 is 9.47 Å². The Morgan fingerprint density at radius 1 is 1.25 bits per heavy atom. The zero-order valence-corrected chi connectivity index (χ0v) is 11.4. The molecule has 1 aliphatic heterocycles. The predicted octanol–water partition coefficient (Wildman–Crippen LogP) is 2.00. The number of benzene rings is 1. The van der Waals surface area contributed by atoms with Crippen LogP contribution in [0.25, 0.3) is 11.0 Å². The molecule has 0 saturated heterocycles. The quantitative estimate of drug-likeness (QED) is 0.897. The zero-order chi connectivity index (χ0) is 13.5. The van der Waals surface area contributed by atoms with E-state index in [1.807, 2.05) is 12.1 Å². The lowest BCUT2D eigenvalue weighted by Crippen LogP contribution is -2.25. The number of aromatic nitrogens is 2. The van der Waals surface area contributed by atoms with Gasteiger partial charge in [0.05, 0.1) is 24.2 Å². The molecule has 1 fully saturated rings. The summed E-state index contributed by atoms with van der Waals surface area (Å²) in [4.78, 5) is 7.98. The minimum atomic E-state index is 0.223. The Balaban J connectivity index is 1.64. The molecule has 1 atom stereocenters. The third kappa shape index (κ3) is 2.22. The van der Waals surface area contributed by atoms with E-state index in [1.54, 1.807) is 0 Å². The Morgan fingerprint density at radius 3 is 2.75 bits per heavy atom. The lowest BCUT2D eigenvalue weighted by Gasteiger charge is -2.06. The molecule has 1 aromatic heterocycles. The molecular formula is C15H19N3O2. The van der Waals surface area contributed by atoms with Crippen molar-refractivity contribution in [1.82, 2.24) is 9.97 Å². The van der Waals surface area contributed by atoms with Crippen molar-refractivity contribution >= 4 is 11.0 Å². The van der Waals surface area contributed by atoms with Gasteiger partial charge in [0.1, 0.15) is 5.82 Å². The van der Waals surface area contributed by atoms with Crippen LogP contribution in [0.5, 0.6) is 11.5 Å². The van der Waals surface area contributed by atoms with Crippen LogP contribution >= 0.6 is 0 Å². The Bertz CT molecular complexity index is 590. The molecule has 2 heterocycles. The van der Waals surface area contributed by atoms with Crippen LogP contribution in [0.3, 0.4) is 0 Å². The SMILES string of the molecule is NC(Cc1nc2cc3c(cc2[nH]1)OCCCO3)C1CC1. The van der Waals surface area contributed by atoms with E-state index >= 15 is 0 Å². The summed E-state index contributed by atoms with van der Waals surface area (Å²) >= 11 is 0. The lowest BCUT2D eigenvalue weighted by atomic mass is 10.1. The number of ether oxygens (including phenoxy) is 2. The lowest BCUT2D eigenvalue weighted by molar-refractivity contribution is 0.297. The fourth-order valence-electron chi connectivity index (χ4n) is 2.73. The van der Waals surface area contributed by atoms with Gasteiger partial charge in [0.15, 0.2) is 11.5 Å². The maximum Gasteiger partial charge on any atom is 0.163 e. The van der Waals surface area contributed by atoms with Crippen LogP contribution in [0.4, 0.5) is 0 Å². The second-order valence-electron chi connectivity index (χ2n) is 5.76. The molecule has 5 heteroatoms. The number of nitrogens with zero attached hydrogens (tertiary/aromatic N) is 1. The summed E-state index contributed by atoms with van der Waals surface area (Å²) in [5.41, 5.74) is 8.08. The number of rotatable bonds is 3. The highest BCUT2D eigenvalue weighted by molar-refractivity contribution is 5.79. The second-order valence-corrected chi connectivity index (χ2v) is 5.76. The van der Waals surface area contributed by atoms with Gasteiger partial charge in [-0.05, 0) is 18.8 Å². The molecule has 0 radical (unpaired) electrons. The zero-order valence-electron chi connectivity index (χ0n) is 11.4. The van der Waals surface area contributed by atoms with Gasteiger partial charge in [0.2, 0.25) is 0 Å². The molecule has 2 aromatic rings. The van der Waals surface area contributed by atoms with Crippen LogP contribution in [-0.4, -0.2) is 29.2 Å². The number of fused-ring (bicyclic) bond motifs is 2. The molecule has 2 aliphatic rings. The van der Waals surface area contributed by atoms with Crippen LogP contribution in [0.2, 0.25) is 0 Å². The maximum absolute atomic E-state index is 6.17. The van der Waals surface area contributed by atoms with Gasteiger partial charge in [0.25, 0.3) is 0 Å². The monoisotopic (exact) mass is 273 g/mol. The van der Waals surface area contributed by atoms with Crippen LogP contribution < -0.4 is 15.2 Å². The molecule has 1 unspecified atom stereocenters. The van der Waals surface area contributed by atoms with Crippen molar-refractivity contribution in [2.24, 2.45) is 11.7 Å². The predicted molar refractivity (Wildman–Crippen MR) is 76.1 cm³/mol. The van der Waals surface area contributed by atoms with Gasteiger partial charge in [-0.1, -0.05) is 0 Å². The van der Waals surface area contributed by atoms with E-state index in [2.05, 4.69) is 9.97 Å². The first-order chi connectivity index (χ1) is 9.79. The van der Waals surface area contributed by atoms with Gasteiger partial charge >= 0.3 is 0 Å². The summed E-state index contributed by atoms with van der Waals surface area (Å²) in [6.07, 6.45) is 4.25. The highest BCUT2D eigenvalue weighted by Gasteiger charge is 2.29. The molecule has 106 valence electrons. The van der Waals surface area contributed by atoms with Gasteiger partial charge in [0, 0.05) is 31.0 Å². The topological polar surface area (TPSA) is 73.2 Å². The fraction of sp³-hybridized carbons (Fsp3) is 0.533. The first-order valence-electron chi connectivity index (χ1n) is 7.33. The second kappa shape index (κ2) is 4.66. The summed E-state index contributed by atoms with van der Waals surface area (Å²) in [6, 6.07) is 4.16. The van der Waals surface area contributed by atoms with E-state index in [-0.39, 0.29) is 6.04 Å². The van der Waals surface area contributed by atoms with Crippen LogP contribution in [-0.2, 0) is 6.42 Å². The van der Waals surface area contributed by atoms with Gasteiger partial charge in [-0.15, -0.1) is 0 Å². The first kappa shape index (κ1) is 12.0. The number of nitrogens with two attached hydrogens (primary N) is 1. The molecular weight excluding hydrogens is 254 g/mol. The van der Waals surface area contributed by atoms with E-state index in [4.69, 9.17) is 15.2 Å². The van der Waals surface area contributed by atoms with E-state index < -0.39 is 0 Å². The Hall–Kier alpha value is -1.75. The highest BCUT2D eigenvalue weighted by atomic mass is 16.5. The fourth-order valence-corrected chi connectivity index (χ4v) is 2.73. The molecule has 1 aliphatic carbocycles. The molecule has 20 heavy (non-hydrogen) atoms. The number of nitrogens with one attached hydrogen (secondary N) is 1. The molecule has 3 N–H and O–H groups in total. The maximum atomic E-state index is 6.17. The molecule has 1 saturated carbocycles. The summed E-state index contributed by atoms with van der Waals surface area (Å²) in [5.74, 6) is 3.24. The van der Waals surface area contributed by atoms with Crippen molar-refractivity contribution in [1.29, 1.82) is 0 Å². The molecule has 0 bridgehead atoms. The minimum Gasteiger partial charge on any atom is -0.489 e. The summed E-state index contributed by atoms with van der Waals surface area (Å²) < 4.78 is 11.4. The number of aromatic amines is 1. The van der Waals surface area contributed by atoms with Gasteiger partial charge < -0.3 is 20.2 Å². The molecule has 0 amide bonds. The third-order valence-electron chi connectivity index (χ3n) is 4.06. The Morgan fingerprint density at radius 2 is 2.00 bits per heavy atom. The number of imidazole rings is 1.